The average Bonchev–Trinajstić information content (AvgIpc) is 2.48. The van der Waals surface area contributed by atoms with Gasteiger partial charge in [0.05, 0.1) is 6.54 Å². The van der Waals surface area contributed by atoms with E-state index >= 15 is 0 Å². The average molecular weight is 310 g/mol. The lowest BCUT2D eigenvalue weighted by Crippen LogP contribution is -2.23. The summed E-state index contributed by atoms with van der Waals surface area (Å²) in [6.07, 6.45) is 0. The SMILES string of the molecule is Cc1ccc(NCC(=O)Nc2c(C)cccc2C(C)C)c(C)c1. The van der Waals surface area contributed by atoms with Crippen LogP contribution in [0.4, 0.5) is 11.4 Å². The monoisotopic (exact) mass is 310 g/mol. The van der Waals surface area contributed by atoms with Crippen molar-refractivity contribution in [2.45, 2.75) is 40.5 Å². The van der Waals surface area contributed by atoms with Gasteiger partial charge in [-0.3, -0.25) is 4.79 Å². The molecule has 1 amide bonds. The van der Waals surface area contributed by atoms with Gasteiger partial charge in [-0.1, -0.05) is 49.7 Å². The Hall–Kier alpha value is -2.29. The molecule has 0 bridgehead atoms. The number of hydrogen-bond acceptors (Lipinski definition) is 2. The van der Waals surface area contributed by atoms with E-state index in [1.54, 1.807) is 0 Å². The van der Waals surface area contributed by atoms with Crippen molar-refractivity contribution < 1.29 is 4.79 Å². The maximum atomic E-state index is 12.3. The molecule has 2 aromatic carbocycles. The third-order valence-corrected chi connectivity index (χ3v) is 4.01. The van der Waals surface area contributed by atoms with Crippen LogP contribution in [0.25, 0.3) is 0 Å². The van der Waals surface area contributed by atoms with Gasteiger partial charge in [-0.25, -0.2) is 0 Å². The number of nitrogens with one attached hydrogen (secondary N) is 2. The molecule has 2 N–H and O–H groups in total. The number of amides is 1. The first-order chi connectivity index (χ1) is 10.9. The zero-order valence-corrected chi connectivity index (χ0v) is 14.7. The molecule has 122 valence electrons. The largest absolute Gasteiger partial charge is 0.376 e. The molecule has 0 aliphatic rings. The fourth-order valence-corrected chi connectivity index (χ4v) is 2.71. The second kappa shape index (κ2) is 7.32. The van der Waals surface area contributed by atoms with Gasteiger partial charge in [0.25, 0.3) is 0 Å². The van der Waals surface area contributed by atoms with Crippen LogP contribution in [-0.2, 0) is 4.79 Å². The Bertz CT molecular complexity index is 705. The number of anilines is 2. The number of para-hydroxylation sites is 1. The number of benzene rings is 2. The van der Waals surface area contributed by atoms with Crippen LogP contribution < -0.4 is 10.6 Å². The van der Waals surface area contributed by atoms with Crippen LogP contribution in [0.3, 0.4) is 0 Å². The van der Waals surface area contributed by atoms with Gasteiger partial charge >= 0.3 is 0 Å². The van der Waals surface area contributed by atoms with E-state index in [1.807, 2.05) is 38.1 Å². The molecule has 0 radical (unpaired) electrons. The summed E-state index contributed by atoms with van der Waals surface area (Å²) in [7, 11) is 0. The molecule has 0 saturated heterocycles. The molecule has 0 spiro atoms. The predicted octanol–water partition coefficient (Wildman–Crippen LogP) is 4.79. The van der Waals surface area contributed by atoms with Crippen molar-refractivity contribution in [2.24, 2.45) is 0 Å². The maximum Gasteiger partial charge on any atom is 0.243 e. The van der Waals surface area contributed by atoms with Crippen molar-refractivity contribution in [3.63, 3.8) is 0 Å². The highest BCUT2D eigenvalue weighted by Crippen LogP contribution is 2.27. The number of carbonyl (C=O) groups excluding carboxylic acids is 1. The summed E-state index contributed by atoms with van der Waals surface area (Å²) in [5, 5.41) is 6.28. The molecular formula is C20H26N2O. The molecule has 3 nitrogen and oxygen atoms in total. The summed E-state index contributed by atoms with van der Waals surface area (Å²) in [5.74, 6) is 0.346. The van der Waals surface area contributed by atoms with Crippen LogP contribution in [0, 0.1) is 20.8 Å². The minimum atomic E-state index is -0.0267. The lowest BCUT2D eigenvalue weighted by atomic mass is 9.98. The highest BCUT2D eigenvalue weighted by molar-refractivity contribution is 5.95. The van der Waals surface area contributed by atoms with Crippen molar-refractivity contribution in [3.05, 3.63) is 58.7 Å². The normalized spacial score (nSPS) is 10.7. The number of rotatable bonds is 5. The molecule has 0 saturated carbocycles. The topological polar surface area (TPSA) is 41.1 Å². The first-order valence-corrected chi connectivity index (χ1v) is 8.09. The van der Waals surface area contributed by atoms with E-state index < -0.39 is 0 Å². The molecule has 23 heavy (non-hydrogen) atoms. The van der Waals surface area contributed by atoms with Crippen LogP contribution in [-0.4, -0.2) is 12.5 Å². The molecule has 0 aliphatic heterocycles. The van der Waals surface area contributed by atoms with E-state index in [1.165, 1.54) is 11.1 Å². The van der Waals surface area contributed by atoms with E-state index in [9.17, 15) is 4.79 Å². The Morgan fingerprint density at radius 3 is 2.43 bits per heavy atom. The van der Waals surface area contributed by atoms with Crippen LogP contribution in [0.2, 0.25) is 0 Å². The van der Waals surface area contributed by atoms with Gasteiger partial charge < -0.3 is 10.6 Å². The molecule has 2 rings (SSSR count). The Morgan fingerprint density at radius 2 is 1.78 bits per heavy atom. The Morgan fingerprint density at radius 1 is 1.04 bits per heavy atom. The Kier molecular flexibility index (Phi) is 5.43. The van der Waals surface area contributed by atoms with Crippen molar-refractivity contribution in [3.8, 4) is 0 Å². The van der Waals surface area contributed by atoms with E-state index in [-0.39, 0.29) is 12.5 Å². The van der Waals surface area contributed by atoms with Gasteiger partial charge in [0, 0.05) is 11.4 Å². The summed E-state index contributed by atoms with van der Waals surface area (Å²) in [4.78, 5) is 12.3. The fraction of sp³-hybridized carbons (Fsp3) is 0.350. The minimum Gasteiger partial charge on any atom is -0.376 e. The van der Waals surface area contributed by atoms with E-state index in [0.717, 1.165) is 22.5 Å². The summed E-state index contributed by atoms with van der Waals surface area (Å²) in [6.45, 7) is 10.7. The van der Waals surface area contributed by atoms with Crippen LogP contribution in [0.1, 0.15) is 42.0 Å². The van der Waals surface area contributed by atoms with Gasteiger partial charge in [-0.15, -0.1) is 0 Å². The zero-order valence-electron chi connectivity index (χ0n) is 14.7. The van der Waals surface area contributed by atoms with Gasteiger partial charge in [-0.2, -0.15) is 0 Å². The highest BCUT2D eigenvalue weighted by atomic mass is 16.1. The lowest BCUT2D eigenvalue weighted by Gasteiger charge is -2.17. The molecule has 3 heteroatoms. The molecule has 0 unspecified atom stereocenters. The zero-order chi connectivity index (χ0) is 17.0. The number of hydrogen-bond donors (Lipinski definition) is 2. The number of aryl methyl sites for hydroxylation is 3. The van der Waals surface area contributed by atoms with Crippen LogP contribution in [0.15, 0.2) is 36.4 Å². The fourth-order valence-electron chi connectivity index (χ4n) is 2.71. The van der Waals surface area contributed by atoms with E-state index in [0.29, 0.717) is 5.92 Å². The van der Waals surface area contributed by atoms with Crippen molar-refractivity contribution in [2.75, 3.05) is 17.2 Å². The maximum absolute atomic E-state index is 12.3. The van der Waals surface area contributed by atoms with Crippen molar-refractivity contribution >= 4 is 17.3 Å². The lowest BCUT2D eigenvalue weighted by molar-refractivity contribution is -0.114. The summed E-state index contributed by atoms with van der Waals surface area (Å²) in [5.41, 5.74) is 6.58. The Balaban J connectivity index is 2.06. The smallest absolute Gasteiger partial charge is 0.243 e. The van der Waals surface area contributed by atoms with Crippen LogP contribution in [0.5, 0.6) is 0 Å². The standard InChI is InChI=1S/C20H26N2O/c1-13(2)17-8-6-7-15(4)20(17)22-19(23)12-21-18-10-9-14(3)11-16(18)5/h6-11,13,21H,12H2,1-5H3,(H,22,23). The molecule has 0 fully saturated rings. The summed E-state index contributed by atoms with van der Waals surface area (Å²) >= 11 is 0. The molecule has 2 aromatic rings. The van der Waals surface area contributed by atoms with Gasteiger partial charge in [0.2, 0.25) is 5.91 Å². The number of carbonyl (C=O) groups is 1. The van der Waals surface area contributed by atoms with Gasteiger partial charge in [0.1, 0.15) is 0 Å². The first-order valence-electron chi connectivity index (χ1n) is 8.09. The van der Waals surface area contributed by atoms with Crippen molar-refractivity contribution in [1.29, 1.82) is 0 Å². The molecule has 0 atom stereocenters. The summed E-state index contributed by atoms with van der Waals surface area (Å²) in [6, 6.07) is 12.3. The minimum absolute atomic E-state index is 0.0267. The molecular weight excluding hydrogens is 284 g/mol. The van der Waals surface area contributed by atoms with Gasteiger partial charge in [-0.05, 0) is 49.4 Å². The molecule has 0 aliphatic carbocycles. The van der Waals surface area contributed by atoms with Crippen molar-refractivity contribution in [1.82, 2.24) is 0 Å². The van der Waals surface area contributed by atoms with Crippen LogP contribution >= 0.6 is 0 Å². The molecule has 0 aromatic heterocycles. The van der Waals surface area contributed by atoms with E-state index in [4.69, 9.17) is 0 Å². The predicted molar refractivity (Wildman–Crippen MR) is 98.3 cm³/mol. The second-order valence-corrected chi connectivity index (χ2v) is 6.41. The quantitative estimate of drug-likeness (QED) is 0.834. The Labute approximate surface area is 139 Å². The third kappa shape index (κ3) is 4.35. The summed E-state index contributed by atoms with van der Waals surface area (Å²) < 4.78 is 0. The second-order valence-electron chi connectivity index (χ2n) is 6.41. The molecule has 0 heterocycles. The van der Waals surface area contributed by atoms with Gasteiger partial charge in [0.15, 0.2) is 0 Å². The first kappa shape index (κ1) is 17.1. The van der Waals surface area contributed by atoms with E-state index in [2.05, 4.69) is 43.5 Å². The highest BCUT2D eigenvalue weighted by Gasteiger charge is 2.12. The third-order valence-electron chi connectivity index (χ3n) is 4.01.